The molecule has 3 aromatic rings. The number of amides is 1. The van der Waals surface area contributed by atoms with Crippen LogP contribution in [0.25, 0.3) is 11.1 Å². The topological polar surface area (TPSA) is 64.6 Å². The van der Waals surface area contributed by atoms with E-state index < -0.39 is 5.97 Å². The van der Waals surface area contributed by atoms with Crippen LogP contribution in [0.1, 0.15) is 32.5 Å². The van der Waals surface area contributed by atoms with Crippen molar-refractivity contribution in [2.45, 2.75) is 13.8 Å². The van der Waals surface area contributed by atoms with E-state index in [9.17, 15) is 9.59 Å². The molecule has 1 aromatic heterocycles. The van der Waals surface area contributed by atoms with Crippen LogP contribution in [0.5, 0.6) is 5.75 Å². The monoisotopic (exact) mass is 521 g/mol. The smallest absolute Gasteiger partial charge is 0.341 e. The first kappa shape index (κ1) is 21.3. The van der Waals surface area contributed by atoms with Gasteiger partial charge in [0.05, 0.1) is 19.3 Å². The van der Waals surface area contributed by atoms with Crippen molar-refractivity contribution >= 4 is 50.8 Å². The summed E-state index contributed by atoms with van der Waals surface area (Å²) in [5.41, 5.74) is 2.52. The number of esters is 1. The molecule has 1 heterocycles. The van der Waals surface area contributed by atoms with E-state index in [-0.39, 0.29) is 5.91 Å². The Morgan fingerprint density at radius 3 is 2.41 bits per heavy atom. The third kappa shape index (κ3) is 4.62. The lowest BCUT2D eigenvalue weighted by atomic mass is 10.0. The Morgan fingerprint density at radius 2 is 1.79 bits per heavy atom. The number of anilines is 1. The van der Waals surface area contributed by atoms with Crippen molar-refractivity contribution in [3.05, 3.63) is 68.1 Å². The van der Waals surface area contributed by atoms with Gasteiger partial charge in [-0.25, -0.2) is 4.79 Å². The molecule has 0 atom stereocenters. The molecule has 0 saturated carbocycles. The quantitative estimate of drug-likeness (QED) is 0.331. The van der Waals surface area contributed by atoms with Crippen LogP contribution in [0.15, 0.2) is 48.5 Å². The summed E-state index contributed by atoms with van der Waals surface area (Å²) in [5, 5.41) is 3.37. The molecule has 150 valence electrons. The van der Waals surface area contributed by atoms with Gasteiger partial charge in [-0.3, -0.25) is 4.79 Å². The first-order valence-corrected chi connectivity index (χ1v) is 10.9. The van der Waals surface area contributed by atoms with E-state index in [2.05, 4.69) is 27.9 Å². The number of hydrogen-bond acceptors (Lipinski definition) is 5. The molecule has 1 N–H and O–H groups in total. The SMILES string of the molecule is CCOc1ccc(-c2c(C)sc(NC(=O)c3ccccc3I)c2C(=O)OC)cc1. The average molecular weight is 521 g/mol. The molecule has 0 aliphatic heterocycles. The van der Waals surface area contributed by atoms with Crippen LogP contribution in [-0.2, 0) is 4.74 Å². The fourth-order valence-electron chi connectivity index (χ4n) is 2.98. The maximum absolute atomic E-state index is 12.8. The Balaban J connectivity index is 2.03. The van der Waals surface area contributed by atoms with Gasteiger partial charge in [-0.2, -0.15) is 0 Å². The predicted octanol–water partition coefficient (Wildman–Crippen LogP) is 5.77. The second-order valence-electron chi connectivity index (χ2n) is 6.12. The van der Waals surface area contributed by atoms with Crippen molar-refractivity contribution in [2.24, 2.45) is 0 Å². The van der Waals surface area contributed by atoms with E-state index in [0.717, 1.165) is 25.3 Å². The molecule has 0 radical (unpaired) electrons. The van der Waals surface area contributed by atoms with Gasteiger partial charge in [0.1, 0.15) is 16.3 Å². The Labute approximate surface area is 187 Å². The highest BCUT2D eigenvalue weighted by Gasteiger charge is 2.25. The third-order valence-corrected chi connectivity index (χ3v) is 6.23. The fourth-order valence-corrected chi connectivity index (χ4v) is 4.67. The van der Waals surface area contributed by atoms with E-state index in [1.807, 2.05) is 56.3 Å². The number of benzene rings is 2. The van der Waals surface area contributed by atoms with E-state index in [0.29, 0.717) is 22.7 Å². The van der Waals surface area contributed by atoms with Gasteiger partial charge < -0.3 is 14.8 Å². The highest BCUT2D eigenvalue weighted by molar-refractivity contribution is 14.1. The minimum absolute atomic E-state index is 0.264. The van der Waals surface area contributed by atoms with Gasteiger partial charge in [0, 0.05) is 14.0 Å². The van der Waals surface area contributed by atoms with Crippen molar-refractivity contribution in [1.82, 2.24) is 0 Å². The Morgan fingerprint density at radius 1 is 1.10 bits per heavy atom. The zero-order chi connectivity index (χ0) is 21.0. The molecule has 0 spiro atoms. The van der Waals surface area contributed by atoms with Crippen LogP contribution >= 0.6 is 33.9 Å². The molecule has 0 aliphatic rings. The molecule has 7 heteroatoms. The van der Waals surface area contributed by atoms with Crippen LogP contribution in [0.4, 0.5) is 5.00 Å². The summed E-state index contributed by atoms with van der Waals surface area (Å²) < 4.78 is 11.3. The molecule has 0 aliphatic carbocycles. The minimum Gasteiger partial charge on any atom is -0.494 e. The van der Waals surface area contributed by atoms with Crippen molar-refractivity contribution in [3.8, 4) is 16.9 Å². The van der Waals surface area contributed by atoms with Crippen molar-refractivity contribution < 1.29 is 19.1 Å². The molecular weight excluding hydrogens is 501 g/mol. The Kier molecular flexibility index (Phi) is 6.92. The summed E-state index contributed by atoms with van der Waals surface area (Å²) in [4.78, 5) is 26.3. The number of carbonyl (C=O) groups excluding carboxylic acids is 2. The zero-order valence-corrected chi connectivity index (χ0v) is 19.2. The second-order valence-corrected chi connectivity index (χ2v) is 8.51. The molecule has 2 aromatic carbocycles. The van der Waals surface area contributed by atoms with Gasteiger partial charge in [0.2, 0.25) is 0 Å². The molecular formula is C22H20INO4S. The van der Waals surface area contributed by atoms with Gasteiger partial charge in [-0.05, 0) is 66.3 Å². The summed E-state index contributed by atoms with van der Waals surface area (Å²) in [6.07, 6.45) is 0. The summed E-state index contributed by atoms with van der Waals surface area (Å²) >= 11 is 3.47. The Hall–Kier alpha value is -2.39. The van der Waals surface area contributed by atoms with Crippen molar-refractivity contribution in [2.75, 3.05) is 19.0 Å². The predicted molar refractivity (Wildman–Crippen MR) is 124 cm³/mol. The van der Waals surface area contributed by atoms with Gasteiger partial charge in [0.25, 0.3) is 5.91 Å². The van der Waals surface area contributed by atoms with Crippen molar-refractivity contribution in [1.29, 1.82) is 0 Å². The first-order chi connectivity index (χ1) is 14.0. The number of methoxy groups -OCH3 is 1. The minimum atomic E-state index is -0.490. The number of nitrogens with one attached hydrogen (secondary N) is 1. The van der Waals surface area contributed by atoms with Gasteiger partial charge in [-0.1, -0.05) is 24.3 Å². The molecule has 0 saturated heterocycles. The average Bonchev–Trinajstić information content (AvgIpc) is 3.04. The number of hydrogen-bond donors (Lipinski definition) is 1. The standard InChI is InChI=1S/C22H20INO4S/c1-4-28-15-11-9-14(10-12-15)18-13(2)29-21(19(18)22(26)27-3)24-20(25)16-7-5-6-8-17(16)23/h5-12H,4H2,1-3H3,(H,24,25). The van der Waals surface area contributed by atoms with E-state index in [1.54, 1.807) is 6.07 Å². The molecule has 1 amide bonds. The molecule has 5 nitrogen and oxygen atoms in total. The molecule has 3 rings (SSSR count). The van der Waals surface area contributed by atoms with E-state index >= 15 is 0 Å². The highest BCUT2D eigenvalue weighted by Crippen LogP contribution is 2.41. The van der Waals surface area contributed by atoms with Crippen LogP contribution in [0.2, 0.25) is 0 Å². The molecule has 0 unspecified atom stereocenters. The zero-order valence-electron chi connectivity index (χ0n) is 16.2. The second kappa shape index (κ2) is 9.41. The van der Waals surface area contributed by atoms with Crippen LogP contribution in [0.3, 0.4) is 0 Å². The van der Waals surface area contributed by atoms with Gasteiger partial charge in [0.15, 0.2) is 0 Å². The third-order valence-electron chi connectivity index (χ3n) is 4.27. The van der Waals surface area contributed by atoms with E-state index in [4.69, 9.17) is 9.47 Å². The largest absolute Gasteiger partial charge is 0.494 e. The summed E-state index contributed by atoms with van der Waals surface area (Å²) in [6.45, 7) is 4.43. The van der Waals surface area contributed by atoms with Crippen molar-refractivity contribution in [3.63, 3.8) is 0 Å². The Bertz CT molecular complexity index is 1040. The molecule has 0 bridgehead atoms. The normalized spacial score (nSPS) is 10.5. The number of ether oxygens (including phenoxy) is 2. The first-order valence-electron chi connectivity index (χ1n) is 8.97. The number of aryl methyl sites for hydroxylation is 1. The lowest BCUT2D eigenvalue weighted by Crippen LogP contribution is -2.15. The number of halogens is 1. The highest BCUT2D eigenvalue weighted by atomic mass is 127. The van der Waals surface area contributed by atoms with E-state index in [1.165, 1.54) is 18.4 Å². The fraction of sp³-hybridized carbons (Fsp3) is 0.182. The molecule has 0 fully saturated rings. The van der Waals surface area contributed by atoms with Crippen LogP contribution < -0.4 is 10.1 Å². The summed E-state index contributed by atoms with van der Waals surface area (Å²) in [6, 6.07) is 14.8. The number of rotatable bonds is 6. The molecule has 29 heavy (non-hydrogen) atoms. The maximum Gasteiger partial charge on any atom is 0.341 e. The number of thiophene rings is 1. The van der Waals surface area contributed by atoms with Crippen LogP contribution in [0, 0.1) is 10.5 Å². The summed E-state index contributed by atoms with van der Waals surface area (Å²) in [5.74, 6) is 0.00636. The summed E-state index contributed by atoms with van der Waals surface area (Å²) in [7, 11) is 1.34. The van der Waals surface area contributed by atoms with Crippen LogP contribution in [-0.4, -0.2) is 25.6 Å². The lowest BCUT2D eigenvalue weighted by Gasteiger charge is -2.10. The van der Waals surface area contributed by atoms with Gasteiger partial charge >= 0.3 is 5.97 Å². The number of carbonyl (C=O) groups is 2. The maximum atomic E-state index is 12.8. The van der Waals surface area contributed by atoms with Gasteiger partial charge in [-0.15, -0.1) is 11.3 Å². The lowest BCUT2D eigenvalue weighted by molar-refractivity contribution is 0.0603.